The highest BCUT2D eigenvalue weighted by molar-refractivity contribution is 5.96. The fraction of sp³-hybridized carbons (Fsp3) is 0.120. The number of benzene rings is 3. The minimum Gasteiger partial charge on any atom is -0.345 e. The zero-order valence-electron chi connectivity index (χ0n) is 18.2. The Balaban J connectivity index is 1.59. The van der Waals surface area contributed by atoms with Crippen LogP contribution >= 0.6 is 0 Å². The molecule has 0 unspecified atom stereocenters. The summed E-state index contributed by atoms with van der Waals surface area (Å²) in [5.74, 6) is -0.970. The molecule has 0 saturated carbocycles. The second kappa shape index (κ2) is 10.2. The lowest BCUT2D eigenvalue weighted by Gasteiger charge is -2.20. The summed E-state index contributed by atoms with van der Waals surface area (Å²) < 4.78 is 41.2. The lowest BCUT2D eigenvalue weighted by atomic mass is 10.0. The van der Waals surface area contributed by atoms with E-state index in [-0.39, 0.29) is 23.7 Å². The van der Waals surface area contributed by atoms with Crippen molar-refractivity contribution < 1.29 is 22.8 Å². The van der Waals surface area contributed by atoms with Gasteiger partial charge in [-0.1, -0.05) is 48.5 Å². The first-order valence-electron chi connectivity index (χ1n) is 10.6. The van der Waals surface area contributed by atoms with E-state index in [9.17, 15) is 22.8 Å². The van der Waals surface area contributed by atoms with Gasteiger partial charge in [-0.15, -0.1) is 0 Å². The smallest absolute Gasteiger partial charge is 0.345 e. The molecule has 0 saturated heterocycles. The van der Waals surface area contributed by atoms with E-state index >= 15 is 0 Å². The maximum atomic E-state index is 13.3. The molecule has 0 fully saturated rings. The maximum Gasteiger partial charge on any atom is 0.416 e. The summed E-state index contributed by atoms with van der Waals surface area (Å²) in [7, 11) is 0. The third-order valence-electron chi connectivity index (χ3n) is 5.20. The normalized spacial score (nSPS) is 12.1. The first kappa shape index (κ1) is 23.7. The van der Waals surface area contributed by atoms with E-state index in [4.69, 9.17) is 0 Å². The van der Waals surface area contributed by atoms with Gasteiger partial charge in [-0.2, -0.15) is 18.3 Å². The summed E-state index contributed by atoms with van der Waals surface area (Å²) in [4.78, 5) is 29.6. The summed E-state index contributed by atoms with van der Waals surface area (Å²) in [6.07, 6.45) is -2.27. The summed E-state index contributed by atoms with van der Waals surface area (Å²) in [6.45, 7) is 0. The van der Waals surface area contributed by atoms with Crippen molar-refractivity contribution >= 4 is 17.5 Å². The van der Waals surface area contributed by atoms with Crippen LogP contribution in [-0.4, -0.2) is 26.6 Å². The maximum absolute atomic E-state index is 13.3. The summed E-state index contributed by atoms with van der Waals surface area (Å²) >= 11 is 0. The largest absolute Gasteiger partial charge is 0.416 e. The molecular weight excluding hydrogens is 459 g/mol. The molecule has 1 heterocycles. The Morgan fingerprint density at radius 1 is 0.943 bits per heavy atom. The van der Waals surface area contributed by atoms with Gasteiger partial charge in [0.15, 0.2) is 0 Å². The van der Waals surface area contributed by atoms with Crippen LogP contribution in [0, 0.1) is 0 Å². The van der Waals surface area contributed by atoms with Gasteiger partial charge in [0, 0.05) is 5.56 Å². The van der Waals surface area contributed by atoms with E-state index in [0.29, 0.717) is 11.1 Å². The van der Waals surface area contributed by atoms with Gasteiger partial charge in [0.05, 0.1) is 29.4 Å². The van der Waals surface area contributed by atoms with Crippen molar-refractivity contribution in [2.75, 3.05) is 5.32 Å². The van der Waals surface area contributed by atoms with E-state index < -0.39 is 23.7 Å². The molecule has 0 aliphatic carbocycles. The third-order valence-corrected chi connectivity index (χ3v) is 5.20. The number of amides is 2. The molecule has 0 aliphatic heterocycles. The highest BCUT2D eigenvalue weighted by Gasteiger charge is 2.31. The minimum atomic E-state index is -4.60. The molecule has 4 aromatic rings. The number of hydrogen-bond acceptors (Lipinski definition) is 4. The van der Waals surface area contributed by atoms with Crippen LogP contribution in [0.1, 0.15) is 33.9 Å². The SMILES string of the molecule is O=C(C[C@H](NC(=O)c1ccccc1)c1ccccc1)Nc1cc(C(F)(F)F)ccc1-n1cncn1. The van der Waals surface area contributed by atoms with Crippen molar-refractivity contribution in [1.29, 1.82) is 0 Å². The van der Waals surface area contributed by atoms with Crippen LogP contribution in [0.15, 0.2) is 91.5 Å². The number of nitrogens with one attached hydrogen (secondary N) is 2. The predicted octanol–water partition coefficient (Wildman–Crippen LogP) is 4.79. The monoisotopic (exact) mass is 479 g/mol. The number of aromatic nitrogens is 3. The number of hydrogen-bond donors (Lipinski definition) is 2. The number of carbonyl (C=O) groups excluding carboxylic acids is 2. The molecule has 0 bridgehead atoms. The van der Waals surface area contributed by atoms with Crippen molar-refractivity contribution in [1.82, 2.24) is 20.1 Å². The van der Waals surface area contributed by atoms with Gasteiger partial charge >= 0.3 is 6.18 Å². The van der Waals surface area contributed by atoms with Crippen LogP contribution in [0.4, 0.5) is 18.9 Å². The van der Waals surface area contributed by atoms with Gasteiger partial charge in [0.1, 0.15) is 12.7 Å². The minimum absolute atomic E-state index is 0.0866. The third kappa shape index (κ3) is 5.91. The lowest BCUT2D eigenvalue weighted by molar-refractivity contribution is -0.137. The van der Waals surface area contributed by atoms with E-state index in [2.05, 4.69) is 20.7 Å². The summed E-state index contributed by atoms with van der Waals surface area (Å²) in [6, 6.07) is 19.6. The molecule has 0 spiro atoms. The average Bonchev–Trinajstić information content (AvgIpc) is 3.39. The van der Waals surface area contributed by atoms with Crippen molar-refractivity contribution in [3.05, 3.63) is 108 Å². The van der Waals surface area contributed by atoms with Crippen LogP contribution in [0.3, 0.4) is 0 Å². The van der Waals surface area contributed by atoms with Gasteiger partial charge in [0.25, 0.3) is 5.91 Å². The molecule has 0 radical (unpaired) electrons. The van der Waals surface area contributed by atoms with Crippen molar-refractivity contribution in [3.8, 4) is 5.69 Å². The highest BCUT2D eigenvalue weighted by atomic mass is 19.4. The molecule has 3 aromatic carbocycles. The first-order chi connectivity index (χ1) is 16.8. The number of nitrogens with zero attached hydrogens (tertiary/aromatic N) is 3. The Labute approximate surface area is 198 Å². The number of rotatable bonds is 7. The Morgan fingerprint density at radius 2 is 1.63 bits per heavy atom. The second-order valence-electron chi connectivity index (χ2n) is 7.62. The summed E-state index contributed by atoms with van der Waals surface area (Å²) in [5.41, 5.74) is 0.297. The number of alkyl halides is 3. The predicted molar refractivity (Wildman–Crippen MR) is 123 cm³/mol. The fourth-order valence-electron chi connectivity index (χ4n) is 3.50. The van der Waals surface area contributed by atoms with Crippen molar-refractivity contribution in [3.63, 3.8) is 0 Å². The van der Waals surface area contributed by atoms with Gasteiger partial charge in [-0.05, 0) is 35.9 Å². The molecule has 10 heteroatoms. The van der Waals surface area contributed by atoms with E-state index in [1.807, 2.05) is 0 Å². The second-order valence-corrected chi connectivity index (χ2v) is 7.62. The Kier molecular flexibility index (Phi) is 6.91. The molecule has 35 heavy (non-hydrogen) atoms. The van der Waals surface area contributed by atoms with Gasteiger partial charge in [0.2, 0.25) is 5.91 Å². The average molecular weight is 479 g/mol. The number of carbonyl (C=O) groups is 2. The molecule has 2 amide bonds. The molecule has 178 valence electrons. The first-order valence-corrected chi connectivity index (χ1v) is 10.6. The molecule has 0 aliphatic rings. The van der Waals surface area contributed by atoms with E-state index in [1.165, 1.54) is 23.4 Å². The highest BCUT2D eigenvalue weighted by Crippen LogP contribution is 2.33. The lowest BCUT2D eigenvalue weighted by Crippen LogP contribution is -2.31. The van der Waals surface area contributed by atoms with E-state index in [1.54, 1.807) is 60.7 Å². The van der Waals surface area contributed by atoms with Crippen LogP contribution < -0.4 is 10.6 Å². The van der Waals surface area contributed by atoms with Crippen LogP contribution in [0.25, 0.3) is 5.69 Å². The number of halogens is 3. The van der Waals surface area contributed by atoms with Crippen LogP contribution in [-0.2, 0) is 11.0 Å². The molecule has 1 atom stereocenters. The molecule has 2 N–H and O–H groups in total. The van der Waals surface area contributed by atoms with Crippen molar-refractivity contribution in [2.24, 2.45) is 0 Å². The van der Waals surface area contributed by atoms with E-state index in [0.717, 1.165) is 12.1 Å². The molecular formula is C25H20F3N5O2. The fourth-order valence-corrected chi connectivity index (χ4v) is 3.50. The van der Waals surface area contributed by atoms with Gasteiger partial charge in [-0.3, -0.25) is 9.59 Å². The number of anilines is 1. The van der Waals surface area contributed by atoms with Gasteiger partial charge in [-0.25, -0.2) is 9.67 Å². The molecule has 7 nitrogen and oxygen atoms in total. The quantitative estimate of drug-likeness (QED) is 0.399. The zero-order chi connectivity index (χ0) is 24.8. The van der Waals surface area contributed by atoms with Gasteiger partial charge < -0.3 is 10.6 Å². The van der Waals surface area contributed by atoms with Crippen LogP contribution in [0.5, 0.6) is 0 Å². The molecule has 1 aromatic heterocycles. The zero-order valence-corrected chi connectivity index (χ0v) is 18.2. The Morgan fingerprint density at radius 3 is 2.26 bits per heavy atom. The molecule has 4 rings (SSSR count). The Bertz CT molecular complexity index is 1290. The van der Waals surface area contributed by atoms with Crippen LogP contribution in [0.2, 0.25) is 0 Å². The van der Waals surface area contributed by atoms with Crippen molar-refractivity contribution in [2.45, 2.75) is 18.6 Å². The summed E-state index contributed by atoms with van der Waals surface area (Å²) in [5, 5.41) is 9.33. The standard InChI is InChI=1S/C25H20F3N5O2/c26-25(27,28)19-11-12-22(33-16-29-15-30-33)21(13-19)31-23(34)14-20(17-7-3-1-4-8-17)32-24(35)18-9-5-2-6-10-18/h1-13,15-16,20H,14H2,(H,31,34)(H,32,35)/t20-/m0/s1. The topological polar surface area (TPSA) is 88.9 Å². The Hall–Kier alpha value is -4.47.